The first kappa shape index (κ1) is 15.6. The molecule has 0 unspecified atom stereocenters. The van der Waals surface area contributed by atoms with Crippen molar-refractivity contribution in [3.05, 3.63) is 71.8 Å². The van der Waals surface area contributed by atoms with Crippen molar-refractivity contribution in [1.82, 2.24) is 0 Å². The molecule has 120 valence electrons. The molecule has 1 saturated heterocycles. The van der Waals surface area contributed by atoms with Crippen molar-refractivity contribution in [2.24, 2.45) is 5.92 Å². The largest absolute Gasteiger partial charge is 0.339 e. The van der Waals surface area contributed by atoms with Gasteiger partial charge >= 0.3 is 0 Å². The van der Waals surface area contributed by atoms with E-state index in [4.69, 9.17) is 9.47 Å². The van der Waals surface area contributed by atoms with Crippen molar-refractivity contribution < 1.29 is 9.47 Å². The number of halogens is 1. The lowest BCUT2D eigenvalue weighted by molar-refractivity contribution is -0.172. The van der Waals surface area contributed by atoms with Crippen LogP contribution in [0.15, 0.2) is 60.7 Å². The van der Waals surface area contributed by atoms with E-state index in [-0.39, 0.29) is 12.2 Å². The normalized spacial score (nSPS) is 29.2. The summed E-state index contributed by atoms with van der Waals surface area (Å²) in [5.41, 5.74) is 2.41. The molecule has 0 amide bonds. The van der Waals surface area contributed by atoms with Gasteiger partial charge in [-0.25, -0.2) is 0 Å². The van der Waals surface area contributed by atoms with Crippen LogP contribution in [0.2, 0.25) is 0 Å². The predicted molar refractivity (Wildman–Crippen MR) is 99.5 cm³/mol. The Labute approximate surface area is 151 Å². The second-order valence-electron chi connectivity index (χ2n) is 6.57. The second-order valence-corrected chi connectivity index (χ2v) is 7.45. The third-order valence-corrected chi connectivity index (χ3v) is 6.21. The first-order valence-corrected chi connectivity index (χ1v) is 9.84. The number of rotatable bonds is 3. The average Bonchev–Trinajstić information content (AvgIpc) is 3.21. The minimum absolute atomic E-state index is 0.0217. The van der Waals surface area contributed by atoms with Gasteiger partial charge in [-0.15, -0.1) is 0 Å². The maximum Gasteiger partial charge on any atom is 0.170 e. The van der Waals surface area contributed by atoms with Gasteiger partial charge in [-0.1, -0.05) is 83.3 Å². The zero-order chi connectivity index (χ0) is 15.7. The Morgan fingerprint density at radius 3 is 1.83 bits per heavy atom. The van der Waals surface area contributed by atoms with Crippen LogP contribution < -0.4 is 0 Å². The molecule has 0 N–H and O–H groups in total. The van der Waals surface area contributed by atoms with Gasteiger partial charge in [0.1, 0.15) is 12.2 Å². The Kier molecular flexibility index (Phi) is 4.43. The van der Waals surface area contributed by atoms with E-state index < -0.39 is 5.79 Å². The Bertz CT molecular complexity index is 596. The molecule has 2 aromatic rings. The van der Waals surface area contributed by atoms with E-state index in [0.717, 1.165) is 12.8 Å². The van der Waals surface area contributed by atoms with E-state index in [9.17, 15) is 0 Å². The molecule has 1 aliphatic heterocycles. The van der Waals surface area contributed by atoms with Gasteiger partial charge in [-0.05, 0) is 23.5 Å². The molecule has 0 aromatic heterocycles. The number of hydrogen-bond acceptors (Lipinski definition) is 2. The fourth-order valence-corrected chi connectivity index (χ4v) is 4.55. The van der Waals surface area contributed by atoms with Crippen molar-refractivity contribution in [3.8, 4) is 0 Å². The SMILES string of the molecule is IC[C@H]1CCC2(C1)O[C@@H](c1ccccc1)[C@H](c1ccccc1)O2. The van der Waals surface area contributed by atoms with E-state index in [1.165, 1.54) is 22.0 Å². The van der Waals surface area contributed by atoms with Crippen LogP contribution in [0.4, 0.5) is 0 Å². The first-order chi connectivity index (χ1) is 11.3. The third kappa shape index (κ3) is 3.06. The van der Waals surface area contributed by atoms with Gasteiger partial charge in [-0.2, -0.15) is 0 Å². The average molecular weight is 420 g/mol. The first-order valence-electron chi connectivity index (χ1n) is 8.31. The van der Waals surface area contributed by atoms with Crippen LogP contribution in [0, 0.1) is 5.92 Å². The Morgan fingerprint density at radius 1 is 0.870 bits per heavy atom. The van der Waals surface area contributed by atoms with Crippen LogP contribution >= 0.6 is 22.6 Å². The van der Waals surface area contributed by atoms with Gasteiger partial charge in [0.25, 0.3) is 0 Å². The van der Waals surface area contributed by atoms with Crippen molar-refractivity contribution in [2.75, 3.05) is 4.43 Å². The summed E-state index contributed by atoms with van der Waals surface area (Å²) in [6.07, 6.45) is 3.18. The van der Waals surface area contributed by atoms with E-state index >= 15 is 0 Å². The van der Waals surface area contributed by atoms with Gasteiger partial charge in [-0.3, -0.25) is 0 Å². The highest BCUT2D eigenvalue weighted by Crippen LogP contribution is 2.54. The molecule has 2 aliphatic rings. The molecule has 4 rings (SSSR count). The summed E-state index contributed by atoms with van der Waals surface area (Å²) in [4.78, 5) is 0. The van der Waals surface area contributed by atoms with E-state index in [1.54, 1.807) is 0 Å². The summed E-state index contributed by atoms with van der Waals surface area (Å²) in [6.45, 7) is 0. The number of alkyl halides is 1. The minimum atomic E-state index is -0.392. The minimum Gasteiger partial charge on any atom is -0.339 e. The molecular weight excluding hydrogens is 399 g/mol. The summed E-state index contributed by atoms with van der Waals surface area (Å²) >= 11 is 2.48. The molecule has 1 aliphatic carbocycles. The zero-order valence-electron chi connectivity index (χ0n) is 13.0. The zero-order valence-corrected chi connectivity index (χ0v) is 15.2. The molecule has 2 nitrogen and oxygen atoms in total. The highest BCUT2D eigenvalue weighted by Gasteiger charge is 2.52. The van der Waals surface area contributed by atoms with Crippen molar-refractivity contribution in [2.45, 2.75) is 37.3 Å². The number of ether oxygens (including phenoxy) is 2. The summed E-state index contributed by atoms with van der Waals surface area (Å²) in [6, 6.07) is 21.0. The smallest absolute Gasteiger partial charge is 0.170 e. The van der Waals surface area contributed by atoms with E-state index in [2.05, 4.69) is 71.1 Å². The van der Waals surface area contributed by atoms with Crippen LogP contribution in [-0.4, -0.2) is 10.2 Å². The molecule has 3 heteroatoms. The van der Waals surface area contributed by atoms with Crippen LogP contribution in [0.5, 0.6) is 0 Å². The van der Waals surface area contributed by atoms with Gasteiger partial charge in [0, 0.05) is 17.3 Å². The maximum atomic E-state index is 6.57. The Balaban J connectivity index is 1.67. The van der Waals surface area contributed by atoms with Crippen LogP contribution in [0.1, 0.15) is 42.6 Å². The molecule has 2 aromatic carbocycles. The van der Waals surface area contributed by atoms with Crippen molar-refractivity contribution in [3.63, 3.8) is 0 Å². The third-order valence-electron chi connectivity index (χ3n) is 4.97. The van der Waals surface area contributed by atoms with Crippen LogP contribution in [-0.2, 0) is 9.47 Å². The lowest BCUT2D eigenvalue weighted by Gasteiger charge is -2.23. The molecular formula is C20H21IO2. The van der Waals surface area contributed by atoms with Crippen molar-refractivity contribution >= 4 is 22.6 Å². The number of hydrogen-bond donors (Lipinski definition) is 0. The summed E-state index contributed by atoms with van der Waals surface area (Å²) < 4.78 is 14.3. The fraction of sp³-hybridized carbons (Fsp3) is 0.400. The Hall–Kier alpha value is -0.910. The van der Waals surface area contributed by atoms with E-state index in [1.807, 2.05) is 12.1 Å². The van der Waals surface area contributed by atoms with Crippen LogP contribution in [0.3, 0.4) is 0 Å². The summed E-state index contributed by atoms with van der Waals surface area (Å²) in [5.74, 6) is 0.318. The standard InChI is InChI=1S/C20H21IO2/c21-14-15-11-12-20(13-15)22-18(16-7-3-1-4-8-16)19(23-20)17-9-5-2-6-10-17/h1-10,15,18-19H,11-14H2/t15-,18-,19-/m0/s1. The highest BCUT2D eigenvalue weighted by atomic mass is 127. The topological polar surface area (TPSA) is 18.5 Å². The number of benzene rings is 2. The van der Waals surface area contributed by atoms with Crippen LogP contribution in [0.25, 0.3) is 0 Å². The predicted octanol–water partition coefficient (Wildman–Crippen LogP) is 5.45. The molecule has 3 atom stereocenters. The van der Waals surface area contributed by atoms with E-state index in [0.29, 0.717) is 5.92 Å². The Morgan fingerprint density at radius 2 is 1.39 bits per heavy atom. The monoisotopic (exact) mass is 420 g/mol. The van der Waals surface area contributed by atoms with Gasteiger partial charge in [0.2, 0.25) is 0 Å². The molecule has 0 bridgehead atoms. The van der Waals surface area contributed by atoms with Gasteiger partial charge < -0.3 is 9.47 Å². The molecule has 1 saturated carbocycles. The van der Waals surface area contributed by atoms with Gasteiger partial charge in [0.15, 0.2) is 5.79 Å². The maximum absolute atomic E-state index is 6.57. The summed E-state index contributed by atoms with van der Waals surface area (Å²) in [7, 11) is 0. The molecule has 1 heterocycles. The van der Waals surface area contributed by atoms with Gasteiger partial charge in [0.05, 0.1) is 0 Å². The molecule has 2 fully saturated rings. The highest BCUT2D eigenvalue weighted by molar-refractivity contribution is 14.1. The molecule has 1 spiro atoms. The lowest BCUT2D eigenvalue weighted by atomic mass is 9.99. The summed E-state index contributed by atoms with van der Waals surface area (Å²) in [5, 5.41) is 0. The van der Waals surface area contributed by atoms with Crippen molar-refractivity contribution in [1.29, 1.82) is 0 Å². The fourth-order valence-electron chi connectivity index (χ4n) is 3.80. The second kappa shape index (κ2) is 6.54. The molecule has 0 radical (unpaired) electrons. The lowest BCUT2D eigenvalue weighted by Crippen LogP contribution is -2.26. The molecule has 23 heavy (non-hydrogen) atoms. The quantitative estimate of drug-likeness (QED) is 0.486.